The van der Waals surface area contributed by atoms with E-state index in [9.17, 15) is 8.42 Å². The Kier molecular flexibility index (Phi) is 6.06. The molecule has 3 aromatic rings. The molecule has 1 aliphatic rings. The zero-order chi connectivity index (χ0) is 20.4. The molecule has 0 N–H and O–H groups in total. The van der Waals surface area contributed by atoms with Crippen molar-refractivity contribution < 1.29 is 8.42 Å². The van der Waals surface area contributed by atoms with Gasteiger partial charge in [-0.15, -0.1) is 11.3 Å². The number of sulfonamides is 1. The van der Waals surface area contributed by atoms with Crippen LogP contribution in [0.1, 0.15) is 18.4 Å². The summed E-state index contributed by atoms with van der Waals surface area (Å²) in [5, 5.41) is 2.42. The number of benzene rings is 2. The van der Waals surface area contributed by atoms with E-state index in [1.165, 1.54) is 28.5 Å². The molecular weight excluding hydrogens is 470 g/mol. The van der Waals surface area contributed by atoms with Crippen molar-refractivity contribution in [3.63, 3.8) is 0 Å². The molecule has 1 aromatic heterocycles. The number of anilines is 1. The van der Waals surface area contributed by atoms with Crippen LogP contribution in [0.2, 0.25) is 0 Å². The van der Waals surface area contributed by atoms with E-state index >= 15 is 0 Å². The monoisotopic (exact) mass is 491 g/mol. The van der Waals surface area contributed by atoms with Gasteiger partial charge in [0.05, 0.1) is 0 Å². The minimum Gasteiger partial charge on any atom is -0.371 e. The lowest BCUT2D eigenvalue weighted by molar-refractivity contribution is 0.464. The van der Waals surface area contributed by atoms with Gasteiger partial charge in [0.25, 0.3) is 10.0 Å². The SMILES string of the molecule is CN(Cc1ccccc1N1CCCC1)S(=O)(=O)c1csc(-c2ccc(Br)cc2)n1. The molecule has 0 atom stereocenters. The number of nitrogens with zero attached hydrogens (tertiary/aromatic N) is 3. The van der Waals surface area contributed by atoms with Crippen LogP contribution in [0, 0.1) is 0 Å². The molecule has 1 saturated heterocycles. The normalized spacial score (nSPS) is 14.7. The van der Waals surface area contributed by atoms with E-state index in [0.29, 0.717) is 11.6 Å². The molecule has 0 bridgehead atoms. The molecule has 0 unspecified atom stereocenters. The first-order valence-electron chi connectivity index (χ1n) is 9.46. The summed E-state index contributed by atoms with van der Waals surface area (Å²) in [4.78, 5) is 6.75. The highest BCUT2D eigenvalue weighted by atomic mass is 79.9. The third-order valence-corrected chi connectivity index (χ3v) is 8.34. The van der Waals surface area contributed by atoms with Crippen molar-refractivity contribution in [3.05, 3.63) is 63.9 Å². The highest BCUT2D eigenvalue weighted by molar-refractivity contribution is 9.10. The van der Waals surface area contributed by atoms with Crippen LogP contribution in [0.25, 0.3) is 10.6 Å². The van der Waals surface area contributed by atoms with Crippen molar-refractivity contribution in [2.24, 2.45) is 0 Å². The minimum atomic E-state index is -3.67. The summed E-state index contributed by atoms with van der Waals surface area (Å²) >= 11 is 4.75. The Morgan fingerprint density at radius 2 is 1.79 bits per heavy atom. The van der Waals surface area contributed by atoms with E-state index in [1.807, 2.05) is 42.5 Å². The average molecular weight is 492 g/mol. The van der Waals surface area contributed by atoms with Gasteiger partial charge in [0.15, 0.2) is 5.03 Å². The van der Waals surface area contributed by atoms with Gasteiger partial charge in [-0.05, 0) is 36.6 Å². The van der Waals surface area contributed by atoms with Crippen molar-refractivity contribution in [3.8, 4) is 10.6 Å². The lowest BCUT2D eigenvalue weighted by Gasteiger charge is -2.24. The third-order valence-electron chi connectivity index (χ3n) is 5.08. The summed E-state index contributed by atoms with van der Waals surface area (Å²) in [5.41, 5.74) is 3.05. The van der Waals surface area contributed by atoms with Gasteiger partial charge in [0, 0.05) is 47.8 Å². The maximum atomic E-state index is 13.1. The number of para-hydroxylation sites is 1. The fourth-order valence-electron chi connectivity index (χ4n) is 3.50. The molecule has 2 heterocycles. The largest absolute Gasteiger partial charge is 0.371 e. The smallest absolute Gasteiger partial charge is 0.261 e. The number of hydrogen-bond donors (Lipinski definition) is 0. The molecule has 29 heavy (non-hydrogen) atoms. The molecule has 0 radical (unpaired) electrons. The molecule has 5 nitrogen and oxygen atoms in total. The summed E-state index contributed by atoms with van der Waals surface area (Å²) in [5.74, 6) is 0. The Morgan fingerprint density at radius 1 is 1.10 bits per heavy atom. The fraction of sp³-hybridized carbons (Fsp3) is 0.286. The van der Waals surface area contributed by atoms with Crippen LogP contribution >= 0.6 is 27.3 Å². The average Bonchev–Trinajstić information content (AvgIpc) is 3.41. The zero-order valence-corrected chi connectivity index (χ0v) is 19.3. The first-order chi connectivity index (χ1) is 13.9. The predicted octanol–water partition coefficient (Wildman–Crippen LogP) is 4.99. The van der Waals surface area contributed by atoms with Crippen LogP contribution in [0.5, 0.6) is 0 Å². The Morgan fingerprint density at radius 3 is 2.52 bits per heavy atom. The summed E-state index contributed by atoms with van der Waals surface area (Å²) < 4.78 is 28.6. The summed E-state index contributed by atoms with van der Waals surface area (Å²) in [6.45, 7) is 2.37. The maximum absolute atomic E-state index is 13.1. The molecule has 0 saturated carbocycles. The molecule has 4 rings (SSSR count). The molecular formula is C21H22BrN3O2S2. The van der Waals surface area contributed by atoms with Gasteiger partial charge in [-0.1, -0.05) is 46.3 Å². The standard InChI is InChI=1S/C21H22BrN3O2S2/c1-24(14-17-6-2-3-7-19(17)25-12-4-5-13-25)29(26,27)20-15-28-21(23-20)16-8-10-18(22)11-9-16/h2-3,6-11,15H,4-5,12-14H2,1H3. The first kappa shape index (κ1) is 20.5. The number of rotatable bonds is 6. The Labute approximate surface area is 184 Å². The van der Waals surface area contributed by atoms with E-state index < -0.39 is 10.0 Å². The van der Waals surface area contributed by atoms with Crippen LogP contribution in [-0.4, -0.2) is 37.8 Å². The molecule has 2 aromatic carbocycles. The van der Waals surface area contributed by atoms with Crippen LogP contribution in [0.3, 0.4) is 0 Å². The van der Waals surface area contributed by atoms with E-state index in [-0.39, 0.29) is 5.03 Å². The molecule has 8 heteroatoms. The predicted molar refractivity (Wildman–Crippen MR) is 122 cm³/mol. The lowest BCUT2D eigenvalue weighted by Crippen LogP contribution is -2.28. The molecule has 152 valence electrons. The number of aromatic nitrogens is 1. The van der Waals surface area contributed by atoms with Crippen LogP contribution < -0.4 is 4.90 Å². The zero-order valence-electron chi connectivity index (χ0n) is 16.1. The van der Waals surface area contributed by atoms with Gasteiger partial charge in [0.1, 0.15) is 5.01 Å². The molecule has 0 spiro atoms. The first-order valence-corrected chi connectivity index (χ1v) is 12.6. The van der Waals surface area contributed by atoms with Crippen molar-refractivity contribution in [1.82, 2.24) is 9.29 Å². The van der Waals surface area contributed by atoms with Crippen LogP contribution in [0.15, 0.2) is 63.4 Å². The van der Waals surface area contributed by atoms with Gasteiger partial charge >= 0.3 is 0 Å². The minimum absolute atomic E-state index is 0.0987. The van der Waals surface area contributed by atoms with E-state index in [0.717, 1.165) is 34.4 Å². The van der Waals surface area contributed by atoms with Crippen LogP contribution in [-0.2, 0) is 16.6 Å². The maximum Gasteiger partial charge on any atom is 0.261 e. The summed E-state index contributed by atoms with van der Waals surface area (Å²) in [6, 6.07) is 15.8. The quantitative estimate of drug-likeness (QED) is 0.487. The second-order valence-electron chi connectivity index (χ2n) is 7.08. The number of hydrogen-bond acceptors (Lipinski definition) is 5. The van der Waals surface area contributed by atoms with Crippen molar-refractivity contribution in [1.29, 1.82) is 0 Å². The van der Waals surface area contributed by atoms with Crippen molar-refractivity contribution in [2.75, 3.05) is 25.0 Å². The van der Waals surface area contributed by atoms with Gasteiger partial charge in [-0.25, -0.2) is 13.4 Å². The Bertz CT molecular complexity index is 1090. The lowest BCUT2D eigenvalue weighted by atomic mass is 10.1. The van der Waals surface area contributed by atoms with Gasteiger partial charge < -0.3 is 4.90 Å². The molecule has 1 fully saturated rings. The Balaban J connectivity index is 1.56. The fourth-order valence-corrected chi connectivity index (χ4v) is 5.97. The van der Waals surface area contributed by atoms with E-state index in [2.05, 4.69) is 31.9 Å². The summed E-state index contributed by atoms with van der Waals surface area (Å²) in [6.07, 6.45) is 2.36. The highest BCUT2D eigenvalue weighted by Crippen LogP contribution is 2.30. The second kappa shape index (κ2) is 8.55. The molecule has 0 aliphatic carbocycles. The second-order valence-corrected chi connectivity index (χ2v) is 10.8. The van der Waals surface area contributed by atoms with Gasteiger partial charge in [-0.2, -0.15) is 4.31 Å². The number of thiazole rings is 1. The third kappa shape index (κ3) is 4.40. The summed E-state index contributed by atoms with van der Waals surface area (Å²) in [7, 11) is -2.05. The van der Waals surface area contributed by atoms with E-state index in [1.54, 1.807) is 12.4 Å². The van der Waals surface area contributed by atoms with E-state index in [4.69, 9.17) is 0 Å². The number of halogens is 1. The van der Waals surface area contributed by atoms with Crippen LogP contribution in [0.4, 0.5) is 5.69 Å². The topological polar surface area (TPSA) is 53.5 Å². The highest BCUT2D eigenvalue weighted by Gasteiger charge is 2.26. The molecule has 1 aliphatic heterocycles. The van der Waals surface area contributed by atoms with Crippen molar-refractivity contribution in [2.45, 2.75) is 24.4 Å². The molecule has 0 amide bonds. The van der Waals surface area contributed by atoms with Gasteiger partial charge in [-0.3, -0.25) is 0 Å². The Hall–Kier alpha value is -1.74. The van der Waals surface area contributed by atoms with Gasteiger partial charge in [0.2, 0.25) is 0 Å². The van der Waals surface area contributed by atoms with Crippen molar-refractivity contribution >= 4 is 43.0 Å².